The largest absolute Gasteiger partial charge is 0.378 e. The van der Waals surface area contributed by atoms with Crippen molar-refractivity contribution in [3.63, 3.8) is 0 Å². The number of hydrogen-bond acceptors (Lipinski definition) is 4. The van der Waals surface area contributed by atoms with E-state index in [0.717, 1.165) is 32.4 Å². The summed E-state index contributed by atoms with van der Waals surface area (Å²) in [5, 5.41) is 2.98. The summed E-state index contributed by atoms with van der Waals surface area (Å²) < 4.78 is 5.50. The minimum Gasteiger partial charge on any atom is -0.378 e. The van der Waals surface area contributed by atoms with Crippen LogP contribution in [0.5, 0.6) is 0 Å². The molecule has 3 unspecified atom stereocenters. The molecule has 3 N–H and O–H groups in total. The average Bonchev–Trinajstić information content (AvgIpc) is 2.45. The van der Waals surface area contributed by atoms with Gasteiger partial charge < -0.3 is 15.8 Å². The summed E-state index contributed by atoms with van der Waals surface area (Å²) >= 11 is 0. The molecule has 5 heteroatoms. The minimum atomic E-state index is -0.158. The first-order valence-electron chi connectivity index (χ1n) is 7.60. The first-order valence-corrected chi connectivity index (χ1v) is 7.60. The van der Waals surface area contributed by atoms with E-state index in [1.807, 2.05) is 0 Å². The minimum absolute atomic E-state index is 0.0966. The smallest absolute Gasteiger partial charge is 0.239 e. The van der Waals surface area contributed by atoms with E-state index in [1.165, 1.54) is 12.8 Å². The molecule has 2 aliphatic rings. The van der Waals surface area contributed by atoms with Gasteiger partial charge in [0.05, 0.1) is 13.2 Å². The highest BCUT2D eigenvalue weighted by Gasteiger charge is 2.37. The van der Waals surface area contributed by atoms with Gasteiger partial charge in [0.25, 0.3) is 0 Å². The number of nitrogens with zero attached hydrogens (tertiary/aromatic N) is 1. The van der Waals surface area contributed by atoms with Gasteiger partial charge in [-0.1, -0.05) is 19.8 Å². The number of morpholine rings is 1. The highest BCUT2D eigenvalue weighted by Crippen LogP contribution is 2.25. The van der Waals surface area contributed by atoms with E-state index in [1.54, 1.807) is 0 Å². The maximum Gasteiger partial charge on any atom is 0.239 e. The predicted octanol–water partition coefficient (Wildman–Crippen LogP) is 0.483. The van der Waals surface area contributed by atoms with Crippen LogP contribution in [0.1, 0.15) is 39.0 Å². The number of hydrogen-bond donors (Lipinski definition) is 2. The highest BCUT2D eigenvalue weighted by atomic mass is 16.5. The summed E-state index contributed by atoms with van der Waals surface area (Å²) in [6, 6.07) is 0.387. The van der Waals surface area contributed by atoms with Crippen LogP contribution in [-0.4, -0.2) is 55.2 Å². The van der Waals surface area contributed by atoms with Gasteiger partial charge in [0, 0.05) is 25.2 Å². The van der Waals surface area contributed by atoms with Gasteiger partial charge in [-0.05, 0) is 19.3 Å². The molecule has 110 valence electrons. The Kier molecular flexibility index (Phi) is 5.60. The summed E-state index contributed by atoms with van der Waals surface area (Å²) in [4.78, 5) is 14.5. The number of carbonyl (C=O) groups excluding carboxylic acids is 1. The lowest BCUT2D eigenvalue weighted by molar-refractivity contribution is -0.135. The van der Waals surface area contributed by atoms with Crippen LogP contribution in [0.25, 0.3) is 0 Å². The average molecular weight is 269 g/mol. The number of nitrogens with one attached hydrogen (secondary N) is 1. The van der Waals surface area contributed by atoms with Crippen LogP contribution in [0.3, 0.4) is 0 Å². The Hall–Kier alpha value is -0.650. The Balaban J connectivity index is 2.00. The third-order valence-electron chi connectivity index (χ3n) is 4.23. The van der Waals surface area contributed by atoms with Crippen molar-refractivity contribution in [1.82, 2.24) is 10.2 Å². The molecule has 1 amide bonds. The topological polar surface area (TPSA) is 67.6 Å². The summed E-state index contributed by atoms with van der Waals surface area (Å²) in [5.41, 5.74) is 6.26. The molecule has 1 saturated heterocycles. The molecule has 2 fully saturated rings. The molecule has 3 atom stereocenters. The number of nitrogens with two attached hydrogens (primary N) is 1. The van der Waals surface area contributed by atoms with Gasteiger partial charge in [-0.15, -0.1) is 0 Å². The number of carbonyl (C=O) groups is 1. The SMILES string of the molecule is CCCNC(=O)C1COCCN1C1CCCCC1N. The van der Waals surface area contributed by atoms with Crippen LogP contribution >= 0.6 is 0 Å². The monoisotopic (exact) mass is 269 g/mol. The van der Waals surface area contributed by atoms with Gasteiger partial charge in [-0.25, -0.2) is 0 Å². The van der Waals surface area contributed by atoms with E-state index in [2.05, 4.69) is 17.1 Å². The van der Waals surface area contributed by atoms with Gasteiger partial charge in [0.1, 0.15) is 6.04 Å². The third kappa shape index (κ3) is 3.68. The van der Waals surface area contributed by atoms with Gasteiger partial charge >= 0.3 is 0 Å². The van der Waals surface area contributed by atoms with Crippen LogP contribution < -0.4 is 11.1 Å². The molecule has 1 saturated carbocycles. The Morgan fingerprint density at radius 3 is 2.95 bits per heavy atom. The van der Waals surface area contributed by atoms with Crippen molar-refractivity contribution in [2.24, 2.45) is 5.73 Å². The van der Waals surface area contributed by atoms with E-state index in [-0.39, 0.29) is 18.0 Å². The maximum absolute atomic E-state index is 12.2. The van der Waals surface area contributed by atoms with E-state index < -0.39 is 0 Å². The second kappa shape index (κ2) is 7.22. The van der Waals surface area contributed by atoms with E-state index in [4.69, 9.17) is 10.5 Å². The first-order chi connectivity index (χ1) is 9.24. The van der Waals surface area contributed by atoms with Crippen molar-refractivity contribution in [3.05, 3.63) is 0 Å². The highest BCUT2D eigenvalue weighted by molar-refractivity contribution is 5.82. The quantitative estimate of drug-likeness (QED) is 0.779. The molecule has 0 spiro atoms. The van der Waals surface area contributed by atoms with Gasteiger partial charge in [-0.2, -0.15) is 0 Å². The van der Waals surface area contributed by atoms with Crippen molar-refractivity contribution in [2.45, 2.75) is 57.2 Å². The molecule has 1 aliphatic heterocycles. The Labute approximate surface area is 115 Å². The number of ether oxygens (including phenoxy) is 1. The normalized spacial score (nSPS) is 33.1. The van der Waals surface area contributed by atoms with E-state index >= 15 is 0 Å². The van der Waals surface area contributed by atoms with Crippen LogP contribution in [0.15, 0.2) is 0 Å². The van der Waals surface area contributed by atoms with Crippen molar-refractivity contribution in [2.75, 3.05) is 26.3 Å². The fourth-order valence-corrected chi connectivity index (χ4v) is 3.16. The molecule has 0 aromatic rings. The van der Waals surface area contributed by atoms with Crippen LogP contribution in [-0.2, 0) is 9.53 Å². The Morgan fingerprint density at radius 1 is 1.42 bits per heavy atom. The second-order valence-corrected chi connectivity index (χ2v) is 5.64. The molecule has 0 aromatic carbocycles. The number of rotatable bonds is 4. The fourth-order valence-electron chi connectivity index (χ4n) is 3.16. The maximum atomic E-state index is 12.2. The Morgan fingerprint density at radius 2 is 2.21 bits per heavy atom. The van der Waals surface area contributed by atoms with Crippen LogP contribution in [0, 0.1) is 0 Å². The Bertz CT molecular complexity index is 298. The number of amides is 1. The zero-order valence-electron chi connectivity index (χ0n) is 11.9. The molecular weight excluding hydrogens is 242 g/mol. The second-order valence-electron chi connectivity index (χ2n) is 5.64. The van der Waals surface area contributed by atoms with Crippen molar-refractivity contribution in [3.8, 4) is 0 Å². The van der Waals surface area contributed by atoms with Crippen molar-refractivity contribution >= 4 is 5.91 Å². The molecule has 2 rings (SSSR count). The van der Waals surface area contributed by atoms with Crippen molar-refractivity contribution < 1.29 is 9.53 Å². The zero-order valence-corrected chi connectivity index (χ0v) is 11.9. The lowest BCUT2D eigenvalue weighted by Crippen LogP contribution is -2.61. The van der Waals surface area contributed by atoms with Gasteiger partial charge in [0.2, 0.25) is 5.91 Å². The predicted molar refractivity (Wildman–Crippen MR) is 74.8 cm³/mol. The summed E-state index contributed by atoms with van der Waals surface area (Å²) in [6.45, 7) is 4.83. The standard InChI is InChI=1S/C14H27N3O2/c1-2-7-16-14(18)13-10-19-9-8-17(13)12-6-4-3-5-11(12)15/h11-13H,2-10,15H2,1H3,(H,16,18). The van der Waals surface area contributed by atoms with Gasteiger partial charge in [0.15, 0.2) is 0 Å². The molecule has 0 radical (unpaired) electrons. The summed E-state index contributed by atoms with van der Waals surface area (Å²) in [7, 11) is 0. The van der Waals surface area contributed by atoms with Crippen LogP contribution in [0.2, 0.25) is 0 Å². The molecule has 19 heavy (non-hydrogen) atoms. The molecule has 0 aromatic heterocycles. The molecule has 1 aliphatic carbocycles. The molecular formula is C14H27N3O2. The summed E-state index contributed by atoms with van der Waals surface area (Å²) in [5.74, 6) is 0.0966. The fraction of sp³-hybridized carbons (Fsp3) is 0.929. The molecule has 5 nitrogen and oxygen atoms in total. The lowest BCUT2D eigenvalue weighted by Gasteiger charge is -2.44. The van der Waals surface area contributed by atoms with E-state index in [9.17, 15) is 4.79 Å². The van der Waals surface area contributed by atoms with Gasteiger partial charge in [-0.3, -0.25) is 9.69 Å². The van der Waals surface area contributed by atoms with E-state index in [0.29, 0.717) is 19.3 Å². The molecule has 0 bridgehead atoms. The van der Waals surface area contributed by atoms with Crippen molar-refractivity contribution in [1.29, 1.82) is 0 Å². The summed E-state index contributed by atoms with van der Waals surface area (Å²) in [6.07, 6.45) is 5.58. The third-order valence-corrected chi connectivity index (χ3v) is 4.23. The molecule has 1 heterocycles. The zero-order chi connectivity index (χ0) is 13.7. The first kappa shape index (κ1) is 14.8. The van der Waals surface area contributed by atoms with Crippen LogP contribution in [0.4, 0.5) is 0 Å². The lowest BCUT2D eigenvalue weighted by atomic mass is 9.88.